The Morgan fingerprint density at radius 3 is 2.20 bits per heavy atom. The largest absolute Gasteiger partial charge is 0.394 e. The van der Waals surface area contributed by atoms with Crippen LogP contribution in [0.25, 0.3) is 0 Å². The van der Waals surface area contributed by atoms with Gasteiger partial charge in [0.1, 0.15) is 61.0 Å². The monoisotopic (exact) mass is 870 g/mol. The third-order valence-electron chi connectivity index (χ3n) is 17.4. The van der Waals surface area contributed by atoms with Gasteiger partial charge in [-0.25, -0.2) is 0 Å². The molecule has 2 unspecified atom stereocenters. The molecule has 5 heterocycles. The third-order valence-corrected chi connectivity index (χ3v) is 17.4. The SMILES string of the molecule is CC1CC[C@@]2(OC1)O[C@H]1C[C@H]3[C@@H]4CC=C5C[C@@H](O)C[C@@H](OC6O[C@H](C)[C@H](O)[C@H](O[C@@H]7OC[C@@H](O)[C@H](O)[C@H]7O)[C@H]6O[C@@H]6O[C@H](CO)[C@@H](O)[C@H](O)[C@H]6O)[C@]5(C)[C@H]4CC[C@]3(C)[C@H]1[C@@H]2C. The maximum Gasteiger partial charge on any atom is 0.187 e. The second-order valence-electron chi connectivity index (χ2n) is 20.7. The molecular weight excluding hydrogens is 800 g/mol. The molecule has 5 saturated heterocycles. The summed E-state index contributed by atoms with van der Waals surface area (Å²) in [4.78, 5) is 0. The van der Waals surface area contributed by atoms with Gasteiger partial charge in [-0.2, -0.15) is 0 Å². The van der Waals surface area contributed by atoms with E-state index in [0.717, 1.165) is 50.7 Å². The number of hydrogen-bond acceptors (Lipinski definition) is 17. The van der Waals surface area contributed by atoms with Crippen molar-refractivity contribution in [3.05, 3.63) is 11.6 Å². The van der Waals surface area contributed by atoms with Crippen molar-refractivity contribution in [2.75, 3.05) is 19.8 Å². The fraction of sp³-hybridized carbons (Fsp3) is 0.955. The molecular formula is C44H70O17. The minimum absolute atomic E-state index is 0.0513. The van der Waals surface area contributed by atoms with E-state index in [2.05, 4.69) is 33.8 Å². The summed E-state index contributed by atoms with van der Waals surface area (Å²) in [5.74, 6) is 1.55. The maximum absolute atomic E-state index is 11.6. The van der Waals surface area contributed by atoms with Crippen molar-refractivity contribution >= 4 is 0 Å². The van der Waals surface area contributed by atoms with Crippen LogP contribution in [0, 0.1) is 46.3 Å². The van der Waals surface area contributed by atoms with E-state index in [1.807, 2.05) is 0 Å². The molecule has 9 N–H and O–H groups in total. The van der Waals surface area contributed by atoms with Gasteiger partial charge in [0.2, 0.25) is 0 Å². The van der Waals surface area contributed by atoms with Gasteiger partial charge in [-0.1, -0.05) is 39.3 Å². The first-order valence-corrected chi connectivity index (χ1v) is 22.9. The maximum atomic E-state index is 11.6. The lowest BCUT2D eigenvalue weighted by atomic mass is 9.46. The van der Waals surface area contributed by atoms with Gasteiger partial charge in [0.05, 0.1) is 44.2 Å². The second kappa shape index (κ2) is 16.7. The summed E-state index contributed by atoms with van der Waals surface area (Å²) in [5, 5.41) is 96.9. The number of rotatable bonds is 7. The number of fused-ring (bicyclic) bond motifs is 7. The zero-order valence-corrected chi connectivity index (χ0v) is 35.9. The van der Waals surface area contributed by atoms with Crippen LogP contribution < -0.4 is 0 Å². The molecule has 0 amide bonds. The average Bonchev–Trinajstić information content (AvgIpc) is 3.68. The van der Waals surface area contributed by atoms with Crippen LogP contribution in [0.1, 0.15) is 86.0 Å². The fourth-order valence-corrected chi connectivity index (χ4v) is 13.8. The minimum Gasteiger partial charge on any atom is -0.394 e. The Bertz CT molecular complexity index is 1590. The van der Waals surface area contributed by atoms with Crippen LogP contribution in [0.3, 0.4) is 0 Å². The quantitative estimate of drug-likeness (QED) is 0.151. The van der Waals surface area contributed by atoms with Crippen LogP contribution in [0.5, 0.6) is 0 Å². The van der Waals surface area contributed by atoms with Gasteiger partial charge in [0.25, 0.3) is 0 Å². The van der Waals surface area contributed by atoms with Gasteiger partial charge >= 0.3 is 0 Å². The minimum atomic E-state index is -1.83. The summed E-state index contributed by atoms with van der Waals surface area (Å²) >= 11 is 0. The lowest BCUT2D eigenvalue weighted by Gasteiger charge is -2.60. The Labute approximate surface area is 357 Å². The van der Waals surface area contributed by atoms with E-state index in [-0.39, 0.29) is 36.4 Å². The molecule has 26 atom stereocenters. The Hall–Kier alpha value is -0.940. The molecule has 0 radical (unpaired) electrons. The zero-order chi connectivity index (χ0) is 43.5. The van der Waals surface area contributed by atoms with E-state index >= 15 is 0 Å². The molecule has 0 aromatic heterocycles. The van der Waals surface area contributed by atoms with Crippen molar-refractivity contribution in [3.63, 3.8) is 0 Å². The zero-order valence-electron chi connectivity index (χ0n) is 35.9. The number of aliphatic hydroxyl groups is 9. The lowest BCUT2D eigenvalue weighted by Crippen LogP contribution is -2.67. The van der Waals surface area contributed by atoms with Gasteiger partial charge in [0.15, 0.2) is 24.7 Å². The van der Waals surface area contributed by atoms with Crippen LogP contribution in [-0.4, -0.2) is 176 Å². The topological polar surface area (TPSA) is 256 Å². The third kappa shape index (κ3) is 7.32. The predicted octanol–water partition coefficient (Wildman–Crippen LogP) is -0.176. The second-order valence-corrected chi connectivity index (χ2v) is 20.7. The van der Waals surface area contributed by atoms with Crippen molar-refractivity contribution in [2.45, 2.75) is 196 Å². The molecule has 1 spiro atoms. The van der Waals surface area contributed by atoms with E-state index in [1.165, 1.54) is 0 Å². The van der Waals surface area contributed by atoms with Gasteiger partial charge in [-0.15, -0.1) is 0 Å². The summed E-state index contributed by atoms with van der Waals surface area (Å²) in [5.41, 5.74) is 0.602. The molecule has 61 heavy (non-hydrogen) atoms. The van der Waals surface area contributed by atoms with Crippen LogP contribution in [0.2, 0.25) is 0 Å². The fourth-order valence-electron chi connectivity index (χ4n) is 13.8. The first kappa shape index (κ1) is 45.2. The van der Waals surface area contributed by atoms with Crippen LogP contribution >= 0.6 is 0 Å². The van der Waals surface area contributed by atoms with E-state index in [4.69, 9.17) is 37.9 Å². The first-order chi connectivity index (χ1) is 28.9. The van der Waals surface area contributed by atoms with Crippen molar-refractivity contribution in [3.8, 4) is 0 Å². The highest BCUT2D eigenvalue weighted by Crippen LogP contribution is 2.71. The van der Waals surface area contributed by atoms with E-state index in [1.54, 1.807) is 6.92 Å². The summed E-state index contributed by atoms with van der Waals surface area (Å²) in [6.45, 7) is 10.5. The molecule has 9 rings (SSSR count). The molecule has 0 aromatic carbocycles. The summed E-state index contributed by atoms with van der Waals surface area (Å²) in [7, 11) is 0. The number of allylic oxidation sites excluding steroid dienone is 1. The van der Waals surface area contributed by atoms with Crippen molar-refractivity contribution in [1.29, 1.82) is 0 Å². The number of ether oxygens (including phenoxy) is 8. The normalized spacial score (nSPS) is 58.4. The first-order valence-electron chi connectivity index (χ1n) is 22.9. The Morgan fingerprint density at radius 2 is 1.48 bits per heavy atom. The lowest BCUT2D eigenvalue weighted by molar-refractivity contribution is -0.392. The highest BCUT2D eigenvalue weighted by Gasteiger charge is 2.70. The Kier molecular flexibility index (Phi) is 12.4. The van der Waals surface area contributed by atoms with Crippen molar-refractivity contribution < 1.29 is 83.9 Å². The van der Waals surface area contributed by atoms with Crippen LogP contribution in [0.4, 0.5) is 0 Å². The summed E-state index contributed by atoms with van der Waals surface area (Å²) < 4.78 is 50.8. The molecule has 17 heteroatoms. The summed E-state index contributed by atoms with van der Waals surface area (Å²) in [6, 6.07) is 0. The molecule has 3 saturated carbocycles. The Morgan fingerprint density at radius 1 is 0.738 bits per heavy atom. The van der Waals surface area contributed by atoms with Gasteiger partial charge < -0.3 is 83.9 Å². The van der Waals surface area contributed by atoms with Crippen molar-refractivity contribution in [1.82, 2.24) is 0 Å². The molecule has 9 aliphatic rings. The smallest absolute Gasteiger partial charge is 0.187 e. The number of hydrogen-bond donors (Lipinski definition) is 9. The van der Waals surface area contributed by atoms with E-state index in [9.17, 15) is 46.0 Å². The van der Waals surface area contributed by atoms with Gasteiger partial charge in [-0.3, -0.25) is 0 Å². The standard InChI is InChI=1S/C44H70O17/c1-18-8-11-44(55-16-18)19(2)30-27(61-44)14-25-23-7-6-21-12-22(46)13-29(43(21,5)24(23)9-10-42(25,30)4)58-41-38(60-40-36(53)34(51)33(50)28(15-45)57-40)37(31(48)20(3)56-41)59-39-35(52)32(49)26(47)17-54-39/h6,18-20,22-41,45-53H,7-17H2,1-5H3/t18?,19-,20+,22+,23+,24-,25-,26+,27-,28+,29+,30-,31-,32-,33+,34-,35+,36+,37-,38+,39-,40-,41?,42-,43-,44+/m0/s1. The predicted molar refractivity (Wildman–Crippen MR) is 210 cm³/mol. The highest BCUT2D eigenvalue weighted by atomic mass is 16.8. The van der Waals surface area contributed by atoms with Crippen LogP contribution in [0.15, 0.2) is 11.6 Å². The summed E-state index contributed by atoms with van der Waals surface area (Å²) in [6.07, 6.45) is -13.7. The molecule has 0 bridgehead atoms. The molecule has 17 nitrogen and oxygen atoms in total. The molecule has 348 valence electrons. The average molecular weight is 871 g/mol. The highest BCUT2D eigenvalue weighted by molar-refractivity contribution is 5.29. The molecule has 0 aromatic rings. The molecule has 8 fully saturated rings. The van der Waals surface area contributed by atoms with Gasteiger partial charge in [-0.05, 0) is 80.5 Å². The van der Waals surface area contributed by atoms with Gasteiger partial charge in [0, 0.05) is 24.2 Å². The van der Waals surface area contributed by atoms with Crippen LogP contribution in [-0.2, 0) is 37.9 Å². The van der Waals surface area contributed by atoms with E-state index < -0.39 is 116 Å². The Balaban J connectivity index is 1.01. The molecule has 5 aliphatic heterocycles. The number of aliphatic hydroxyl groups excluding tert-OH is 9. The molecule has 4 aliphatic carbocycles. The van der Waals surface area contributed by atoms with Crippen molar-refractivity contribution in [2.24, 2.45) is 46.3 Å². The van der Waals surface area contributed by atoms with E-state index in [0.29, 0.717) is 30.1 Å².